The van der Waals surface area contributed by atoms with Crippen LogP contribution in [0.4, 0.5) is 17.3 Å². The molecule has 1 aliphatic heterocycles. The van der Waals surface area contributed by atoms with Crippen LogP contribution < -0.4 is 10.2 Å². The number of nitrogens with one attached hydrogen (secondary N) is 1. The quantitative estimate of drug-likeness (QED) is 0.649. The first-order valence-corrected chi connectivity index (χ1v) is 5.76. The molecule has 0 bridgehead atoms. The fourth-order valence-corrected chi connectivity index (χ4v) is 2.00. The van der Waals surface area contributed by atoms with E-state index in [0.717, 1.165) is 25.9 Å². The second kappa shape index (κ2) is 4.99. The highest BCUT2D eigenvalue weighted by Gasteiger charge is 2.24. The lowest BCUT2D eigenvalue weighted by Gasteiger charge is -2.16. The van der Waals surface area contributed by atoms with Gasteiger partial charge < -0.3 is 10.2 Å². The first kappa shape index (κ1) is 12.3. The minimum atomic E-state index is -0.446. The van der Waals surface area contributed by atoms with Crippen molar-refractivity contribution >= 4 is 23.2 Å². The lowest BCUT2D eigenvalue weighted by molar-refractivity contribution is -0.384. The molecule has 2 rings (SSSR count). The summed E-state index contributed by atoms with van der Waals surface area (Å²) in [6.07, 6.45) is 2.01. The predicted octanol–water partition coefficient (Wildman–Crippen LogP) is 1.55. The molecular weight excluding hydrogens is 236 g/mol. The number of anilines is 2. The van der Waals surface area contributed by atoms with Crippen molar-refractivity contribution in [3.8, 4) is 0 Å². The molecule has 0 atom stereocenters. The maximum Gasteiger partial charge on any atom is 0.311 e. The van der Waals surface area contributed by atoms with Gasteiger partial charge in [0.15, 0.2) is 0 Å². The molecule has 7 nitrogen and oxygen atoms in total. The molecule has 0 aliphatic carbocycles. The number of amides is 1. The highest BCUT2D eigenvalue weighted by Crippen LogP contribution is 2.29. The van der Waals surface area contributed by atoms with Crippen LogP contribution in [0.25, 0.3) is 0 Å². The van der Waals surface area contributed by atoms with E-state index >= 15 is 0 Å². The smallest absolute Gasteiger partial charge is 0.311 e. The molecule has 0 aromatic carbocycles. The Morgan fingerprint density at radius 1 is 1.44 bits per heavy atom. The van der Waals surface area contributed by atoms with Gasteiger partial charge in [0, 0.05) is 26.1 Å². The maximum absolute atomic E-state index is 11.0. The van der Waals surface area contributed by atoms with Gasteiger partial charge in [0.1, 0.15) is 5.82 Å². The summed E-state index contributed by atoms with van der Waals surface area (Å²) in [6, 6.07) is 2.82. The molecule has 1 amide bonds. The topological polar surface area (TPSA) is 88.4 Å². The molecular formula is C11H14N4O3. The average Bonchev–Trinajstić information content (AvgIpc) is 2.80. The van der Waals surface area contributed by atoms with Crippen LogP contribution in [0.15, 0.2) is 12.1 Å². The number of carbonyl (C=O) groups is 1. The molecule has 1 fully saturated rings. The molecule has 0 radical (unpaired) electrons. The van der Waals surface area contributed by atoms with Crippen LogP contribution in [-0.4, -0.2) is 28.9 Å². The van der Waals surface area contributed by atoms with Gasteiger partial charge in [0.05, 0.1) is 4.92 Å². The lowest BCUT2D eigenvalue weighted by atomic mass is 10.3. The third kappa shape index (κ3) is 2.55. The van der Waals surface area contributed by atoms with Crippen molar-refractivity contribution in [2.75, 3.05) is 23.3 Å². The monoisotopic (exact) mass is 250 g/mol. The summed E-state index contributed by atoms with van der Waals surface area (Å²) < 4.78 is 0. The number of rotatable bonds is 3. The van der Waals surface area contributed by atoms with Crippen LogP contribution in [0, 0.1) is 10.1 Å². The van der Waals surface area contributed by atoms with E-state index in [0.29, 0.717) is 11.6 Å². The fourth-order valence-electron chi connectivity index (χ4n) is 2.00. The summed E-state index contributed by atoms with van der Waals surface area (Å²) in [5, 5.41) is 13.5. The third-order valence-corrected chi connectivity index (χ3v) is 2.76. The molecule has 96 valence electrons. The van der Waals surface area contributed by atoms with Crippen LogP contribution in [0.5, 0.6) is 0 Å². The highest BCUT2D eigenvalue weighted by molar-refractivity contribution is 5.88. The zero-order valence-electron chi connectivity index (χ0n) is 10.0. The predicted molar refractivity (Wildman–Crippen MR) is 66.6 cm³/mol. The van der Waals surface area contributed by atoms with Crippen molar-refractivity contribution in [2.45, 2.75) is 19.8 Å². The fraction of sp³-hybridized carbons (Fsp3) is 0.455. The zero-order chi connectivity index (χ0) is 13.1. The largest absolute Gasteiger partial charge is 0.351 e. The van der Waals surface area contributed by atoms with Crippen LogP contribution in [0.2, 0.25) is 0 Å². The Morgan fingerprint density at radius 2 is 2.11 bits per heavy atom. The van der Waals surface area contributed by atoms with Crippen molar-refractivity contribution in [3.63, 3.8) is 0 Å². The van der Waals surface area contributed by atoms with E-state index in [1.54, 1.807) is 0 Å². The number of hydrogen-bond acceptors (Lipinski definition) is 5. The SMILES string of the molecule is CC(=O)Nc1ccc([N+](=O)[O-])c(N2CCCC2)n1. The Labute approximate surface area is 104 Å². The molecule has 2 heterocycles. The Kier molecular flexibility index (Phi) is 3.40. The third-order valence-electron chi connectivity index (χ3n) is 2.76. The first-order valence-electron chi connectivity index (χ1n) is 5.76. The van der Waals surface area contributed by atoms with Crippen LogP contribution in [0.3, 0.4) is 0 Å². The Hall–Kier alpha value is -2.18. The number of aromatic nitrogens is 1. The average molecular weight is 250 g/mol. The minimum Gasteiger partial charge on any atom is -0.351 e. The van der Waals surface area contributed by atoms with Crippen molar-refractivity contribution in [2.24, 2.45) is 0 Å². The standard InChI is InChI=1S/C11H14N4O3/c1-8(16)12-10-5-4-9(15(17)18)11(13-10)14-6-2-3-7-14/h4-5H,2-3,6-7H2,1H3,(H,12,13,16). The molecule has 0 spiro atoms. The van der Waals surface area contributed by atoms with Crippen LogP contribution >= 0.6 is 0 Å². The molecule has 7 heteroatoms. The molecule has 0 unspecified atom stereocenters. The summed E-state index contributed by atoms with van der Waals surface area (Å²) >= 11 is 0. The molecule has 0 saturated carbocycles. The molecule has 1 aliphatic rings. The van der Waals surface area contributed by atoms with Gasteiger partial charge in [0.2, 0.25) is 11.7 Å². The van der Waals surface area contributed by atoms with Crippen LogP contribution in [0.1, 0.15) is 19.8 Å². The summed E-state index contributed by atoms with van der Waals surface area (Å²) in [6.45, 7) is 2.90. The van der Waals surface area contributed by atoms with Crippen molar-refractivity contribution in [3.05, 3.63) is 22.2 Å². The van der Waals surface area contributed by atoms with E-state index in [-0.39, 0.29) is 11.6 Å². The molecule has 1 aromatic heterocycles. The summed E-state index contributed by atoms with van der Waals surface area (Å²) in [5.41, 5.74) is -0.0222. The van der Waals surface area contributed by atoms with Gasteiger partial charge in [-0.2, -0.15) is 0 Å². The number of nitrogens with zero attached hydrogens (tertiary/aromatic N) is 3. The minimum absolute atomic E-state index is 0.0222. The van der Waals surface area contributed by atoms with Gasteiger partial charge in [-0.1, -0.05) is 0 Å². The highest BCUT2D eigenvalue weighted by atomic mass is 16.6. The van der Waals surface area contributed by atoms with Crippen LogP contribution in [-0.2, 0) is 4.79 Å². The van der Waals surface area contributed by atoms with E-state index in [2.05, 4.69) is 10.3 Å². The van der Waals surface area contributed by atoms with Gasteiger partial charge in [-0.25, -0.2) is 4.98 Å². The Balaban J connectivity index is 2.37. The molecule has 1 N–H and O–H groups in total. The number of pyridine rings is 1. The lowest BCUT2D eigenvalue weighted by Crippen LogP contribution is -2.21. The number of hydrogen-bond donors (Lipinski definition) is 1. The van der Waals surface area contributed by atoms with Gasteiger partial charge in [-0.05, 0) is 18.9 Å². The molecule has 1 saturated heterocycles. The Bertz CT molecular complexity index is 483. The second-order valence-electron chi connectivity index (χ2n) is 4.17. The van der Waals surface area contributed by atoms with E-state index in [4.69, 9.17) is 0 Å². The zero-order valence-corrected chi connectivity index (χ0v) is 10.0. The van der Waals surface area contributed by atoms with E-state index in [1.807, 2.05) is 4.90 Å². The van der Waals surface area contributed by atoms with E-state index in [9.17, 15) is 14.9 Å². The van der Waals surface area contributed by atoms with E-state index in [1.165, 1.54) is 19.1 Å². The Morgan fingerprint density at radius 3 is 2.67 bits per heavy atom. The number of nitro groups is 1. The van der Waals surface area contributed by atoms with Crippen molar-refractivity contribution < 1.29 is 9.72 Å². The van der Waals surface area contributed by atoms with Gasteiger partial charge >= 0.3 is 5.69 Å². The maximum atomic E-state index is 11.0. The molecule has 18 heavy (non-hydrogen) atoms. The van der Waals surface area contributed by atoms with Crippen molar-refractivity contribution in [1.29, 1.82) is 0 Å². The second-order valence-corrected chi connectivity index (χ2v) is 4.17. The number of carbonyl (C=O) groups excluding carboxylic acids is 1. The van der Waals surface area contributed by atoms with Gasteiger partial charge in [-0.3, -0.25) is 14.9 Å². The summed E-state index contributed by atoms with van der Waals surface area (Å²) in [5.74, 6) is 0.433. The normalized spacial score (nSPS) is 14.6. The summed E-state index contributed by atoms with van der Waals surface area (Å²) in [4.78, 5) is 27.5. The molecule has 1 aromatic rings. The van der Waals surface area contributed by atoms with Gasteiger partial charge in [-0.15, -0.1) is 0 Å². The van der Waals surface area contributed by atoms with E-state index < -0.39 is 4.92 Å². The van der Waals surface area contributed by atoms with Gasteiger partial charge in [0.25, 0.3) is 0 Å². The summed E-state index contributed by atoms with van der Waals surface area (Å²) in [7, 11) is 0. The van der Waals surface area contributed by atoms with Crippen molar-refractivity contribution in [1.82, 2.24) is 4.98 Å². The first-order chi connectivity index (χ1) is 8.58.